The van der Waals surface area contributed by atoms with Gasteiger partial charge in [0.05, 0.1) is 0 Å². The van der Waals surface area contributed by atoms with Crippen LogP contribution in [0.5, 0.6) is 0 Å². The maximum atomic E-state index is 8.88. The summed E-state index contributed by atoms with van der Waals surface area (Å²) in [5.41, 5.74) is 0. The quantitative estimate of drug-likeness (QED) is 0.167. The third-order valence-corrected chi connectivity index (χ3v) is 0. The highest BCUT2D eigenvalue weighted by Gasteiger charge is 2.00. The zero-order valence-electron chi connectivity index (χ0n) is 16.3. The number of hydrogen-bond acceptors (Lipinski definition) is 2. The molecular weight excluding hydrogens is 535 g/mol. The van der Waals surface area contributed by atoms with Gasteiger partial charge in [0, 0.05) is 23.5 Å². The van der Waals surface area contributed by atoms with Crippen molar-refractivity contribution in [2.75, 3.05) is 23.5 Å². The van der Waals surface area contributed by atoms with E-state index in [1.165, 1.54) is 6.42 Å². The van der Waals surface area contributed by atoms with Crippen molar-refractivity contribution in [2.45, 2.75) is 48.0 Å². The van der Waals surface area contributed by atoms with Crippen molar-refractivity contribution in [3.63, 3.8) is 0 Å². The first-order chi connectivity index (χ1) is 11.1. The number of rotatable bonds is 0. The molecule has 0 fully saturated rings. The van der Waals surface area contributed by atoms with Crippen molar-refractivity contribution in [2.24, 2.45) is 0 Å². The van der Waals surface area contributed by atoms with Crippen LogP contribution in [0.1, 0.15) is 48.0 Å². The lowest BCUT2D eigenvalue weighted by molar-refractivity contribution is 0.272. The molecule has 0 aliphatic heterocycles. The first-order valence-corrected chi connectivity index (χ1v) is 12.1. The van der Waals surface area contributed by atoms with E-state index >= 15 is 0 Å². The van der Waals surface area contributed by atoms with Crippen LogP contribution in [0.3, 0.4) is 0 Å². The van der Waals surface area contributed by atoms with E-state index in [2.05, 4.69) is 13.8 Å². The Morgan fingerprint density at radius 3 is 0.519 bits per heavy atom. The molecule has 6 N–H and O–H groups in total. The molecular formula is C11H36Cl6O8P2. The van der Waals surface area contributed by atoms with Crippen molar-refractivity contribution in [1.82, 2.24) is 0 Å². The van der Waals surface area contributed by atoms with Crippen molar-refractivity contribution < 1.29 is 38.5 Å². The van der Waals surface area contributed by atoms with Crippen LogP contribution in [0.2, 0.25) is 0 Å². The van der Waals surface area contributed by atoms with Gasteiger partial charge < -0.3 is 29.4 Å². The molecule has 0 aromatic heterocycles. The van der Waals surface area contributed by atoms with Crippen LogP contribution < -0.4 is 0 Å². The molecule has 0 bridgehead atoms. The van der Waals surface area contributed by atoms with E-state index in [-0.39, 0.29) is 24.8 Å². The Morgan fingerprint density at radius 2 is 0.519 bits per heavy atom. The Labute approximate surface area is 196 Å². The van der Waals surface area contributed by atoms with Gasteiger partial charge in [0.25, 0.3) is 0 Å². The van der Waals surface area contributed by atoms with Gasteiger partial charge in [-0.1, -0.05) is 48.0 Å². The molecule has 0 saturated heterocycles. The molecule has 0 amide bonds. The highest BCUT2D eigenvalue weighted by atomic mass is 35.5. The lowest BCUT2D eigenvalue weighted by atomic mass is 10.6. The van der Waals surface area contributed by atoms with Crippen LogP contribution in [0.15, 0.2) is 0 Å². The average molecular weight is 571 g/mol. The molecule has 0 aromatic carbocycles. The molecule has 0 saturated carbocycles. The summed E-state index contributed by atoms with van der Waals surface area (Å²) >= 11 is 20.0. The molecule has 0 aromatic rings. The minimum atomic E-state index is -4.64. The van der Waals surface area contributed by atoms with E-state index in [0.29, 0.717) is 0 Å². The van der Waals surface area contributed by atoms with Crippen LogP contribution in [0.4, 0.5) is 0 Å². The summed E-state index contributed by atoms with van der Waals surface area (Å²) in [5, 5.41) is 0. The van der Waals surface area contributed by atoms with Crippen molar-refractivity contribution >= 4 is 86.9 Å². The van der Waals surface area contributed by atoms with Crippen LogP contribution in [-0.2, 0) is 9.13 Å². The van der Waals surface area contributed by atoms with Gasteiger partial charge >= 0.3 is 15.6 Å². The van der Waals surface area contributed by atoms with E-state index in [1.807, 2.05) is 27.7 Å². The molecule has 180 valence electrons. The summed E-state index contributed by atoms with van der Waals surface area (Å²) in [6, 6.07) is 0. The smallest absolute Gasteiger partial charge is 0.303 e. The third-order valence-electron chi connectivity index (χ3n) is 0. The molecule has 8 nitrogen and oxygen atoms in total. The van der Waals surface area contributed by atoms with Gasteiger partial charge in [-0.3, -0.25) is 0 Å². The Bertz CT molecular complexity index is 209. The fraction of sp³-hybridized carbons (Fsp3) is 1.00. The fourth-order valence-corrected chi connectivity index (χ4v) is 0. The Kier molecular flexibility index (Phi) is 119. The molecule has 0 atom stereocenters. The predicted molar refractivity (Wildman–Crippen MR) is 125 cm³/mol. The maximum absolute atomic E-state index is 8.88. The van der Waals surface area contributed by atoms with E-state index in [0.717, 1.165) is 23.5 Å². The average Bonchev–Trinajstić information content (AvgIpc) is 2.28. The van der Waals surface area contributed by atoms with Crippen LogP contribution >= 0.6 is 86.9 Å². The first kappa shape index (κ1) is 56.8. The molecule has 0 heterocycles. The summed E-state index contributed by atoms with van der Waals surface area (Å²) in [5.74, 6) is 2.89. The Balaban J connectivity index is -0.0000000201. The molecule has 0 rings (SSSR count). The minimum absolute atomic E-state index is 0. The van der Waals surface area contributed by atoms with Gasteiger partial charge in [0.1, 0.15) is 0 Å². The van der Waals surface area contributed by atoms with Crippen molar-refractivity contribution in [3.8, 4) is 0 Å². The van der Waals surface area contributed by atoms with Gasteiger partial charge in [-0.05, 0) is 0 Å². The SMILES string of the molecule is CCC.CCCl.CCCl.CCCl.CCCl.Cl.Cl.O=P(O)(O)O.O=P(O)(O)O. The number of halogens is 6. The van der Waals surface area contributed by atoms with Crippen LogP contribution in [0, 0.1) is 0 Å². The van der Waals surface area contributed by atoms with Crippen LogP contribution in [0.25, 0.3) is 0 Å². The maximum Gasteiger partial charge on any atom is 0.466 e. The Morgan fingerprint density at radius 1 is 0.519 bits per heavy atom. The molecule has 27 heavy (non-hydrogen) atoms. The summed E-state index contributed by atoms with van der Waals surface area (Å²) in [6.45, 7) is 11.8. The normalized spacial score (nSPS) is 7.70. The second-order valence-corrected chi connectivity index (χ2v) is 6.99. The lowest BCUT2D eigenvalue weighted by Gasteiger charge is -1.82. The second kappa shape index (κ2) is 56.5. The molecule has 0 aliphatic carbocycles. The zero-order chi connectivity index (χ0) is 22.5. The van der Waals surface area contributed by atoms with Gasteiger partial charge in [-0.15, -0.1) is 71.2 Å². The fourth-order valence-electron chi connectivity index (χ4n) is 0. The standard InChI is InChI=1S/C3H8.4C2H5Cl.2ClH.2H3O4P/c1-3-2;4*1-2-3;;;2*1-5(2,3)4/h3H2,1-2H3;4*2H2,1H3;2*1H;2*(H3,1,2,3,4). The highest BCUT2D eigenvalue weighted by molar-refractivity contribution is 7.45. The van der Waals surface area contributed by atoms with Gasteiger partial charge in [-0.25, -0.2) is 9.13 Å². The van der Waals surface area contributed by atoms with Crippen molar-refractivity contribution in [3.05, 3.63) is 0 Å². The van der Waals surface area contributed by atoms with Gasteiger partial charge in [0.2, 0.25) is 0 Å². The summed E-state index contributed by atoms with van der Waals surface area (Å²) in [6.07, 6.45) is 1.25. The van der Waals surface area contributed by atoms with Crippen LogP contribution in [-0.4, -0.2) is 52.9 Å². The molecule has 0 spiro atoms. The minimum Gasteiger partial charge on any atom is -0.303 e. The summed E-state index contributed by atoms with van der Waals surface area (Å²) in [7, 11) is -9.28. The summed E-state index contributed by atoms with van der Waals surface area (Å²) < 4.78 is 17.8. The largest absolute Gasteiger partial charge is 0.466 e. The molecule has 0 unspecified atom stereocenters. The number of hydrogen-bond donors (Lipinski definition) is 6. The topological polar surface area (TPSA) is 156 Å². The second-order valence-electron chi connectivity index (χ2n) is 2.80. The predicted octanol–water partition coefficient (Wildman–Crippen LogP) is 5.38. The van der Waals surface area contributed by atoms with E-state index in [1.54, 1.807) is 0 Å². The molecule has 0 radical (unpaired) electrons. The van der Waals surface area contributed by atoms with E-state index in [4.69, 9.17) is 84.9 Å². The monoisotopic (exact) mass is 568 g/mol. The highest BCUT2D eigenvalue weighted by Crippen LogP contribution is 2.26. The van der Waals surface area contributed by atoms with Crippen molar-refractivity contribution in [1.29, 1.82) is 0 Å². The third kappa shape index (κ3) is 4900. The number of alkyl halides is 4. The zero-order valence-corrected chi connectivity index (χ0v) is 22.7. The summed E-state index contributed by atoms with van der Waals surface area (Å²) in [4.78, 5) is 43.1. The van der Waals surface area contributed by atoms with E-state index < -0.39 is 15.6 Å². The molecule has 16 heteroatoms. The van der Waals surface area contributed by atoms with Gasteiger partial charge in [-0.2, -0.15) is 0 Å². The number of phosphoric acid groups is 2. The Hall–Kier alpha value is 1.96. The lowest BCUT2D eigenvalue weighted by Crippen LogP contribution is -1.66. The van der Waals surface area contributed by atoms with Gasteiger partial charge in [0.15, 0.2) is 0 Å². The first-order valence-electron chi connectivity index (χ1n) is 6.88. The molecule has 0 aliphatic rings. The van der Waals surface area contributed by atoms with E-state index in [9.17, 15) is 0 Å².